The zero-order valence-electron chi connectivity index (χ0n) is 12.1. The predicted molar refractivity (Wildman–Crippen MR) is 85.7 cm³/mol. The zero-order chi connectivity index (χ0) is 15.7. The average Bonchev–Trinajstić information content (AvgIpc) is 2.55. The van der Waals surface area contributed by atoms with E-state index in [0.29, 0.717) is 34.9 Å². The number of amides is 1. The SMILES string of the molecule is COc1ccc2c(c1)C(O)CCN2C(=O)c1ccc(Cl)cc1. The molecule has 1 aliphatic heterocycles. The predicted octanol–water partition coefficient (Wildman–Crippen LogP) is 3.43. The van der Waals surface area contributed by atoms with Crippen LogP contribution >= 0.6 is 11.6 Å². The minimum atomic E-state index is -0.584. The van der Waals surface area contributed by atoms with E-state index in [2.05, 4.69) is 0 Å². The highest BCUT2D eigenvalue weighted by Gasteiger charge is 2.28. The van der Waals surface area contributed by atoms with Gasteiger partial charge in [0.15, 0.2) is 0 Å². The number of carbonyl (C=O) groups is 1. The van der Waals surface area contributed by atoms with Crippen molar-refractivity contribution in [2.75, 3.05) is 18.6 Å². The van der Waals surface area contributed by atoms with Crippen LogP contribution in [0.5, 0.6) is 5.75 Å². The first-order valence-electron chi connectivity index (χ1n) is 7.03. The summed E-state index contributed by atoms with van der Waals surface area (Å²) in [7, 11) is 1.58. The van der Waals surface area contributed by atoms with Gasteiger partial charge in [-0.05, 0) is 48.9 Å². The molecule has 22 heavy (non-hydrogen) atoms. The maximum Gasteiger partial charge on any atom is 0.258 e. The Bertz CT molecular complexity index is 700. The van der Waals surface area contributed by atoms with E-state index in [1.807, 2.05) is 6.07 Å². The Labute approximate surface area is 133 Å². The lowest BCUT2D eigenvalue weighted by Gasteiger charge is -2.32. The van der Waals surface area contributed by atoms with Crippen LogP contribution < -0.4 is 9.64 Å². The van der Waals surface area contributed by atoms with Crippen LogP contribution in [-0.4, -0.2) is 24.7 Å². The first-order chi connectivity index (χ1) is 10.6. The van der Waals surface area contributed by atoms with E-state index in [4.69, 9.17) is 16.3 Å². The van der Waals surface area contributed by atoms with Gasteiger partial charge in [0.1, 0.15) is 5.75 Å². The topological polar surface area (TPSA) is 49.8 Å². The fourth-order valence-corrected chi connectivity index (χ4v) is 2.78. The van der Waals surface area contributed by atoms with Crippen LogP contribution in [0.15, 0.2) is 42.5 Å². The van der Waals surface area contributed by atoms with Crippen LogP contribution in [0.4, 0.5) is 5.69 Å². The van der Waals surface area contributed by atoms with Crippen LogP contribution in [0.25, 0.3) is 0 Å². The lowest BCUT2D eigenvalue weighted by molar-refractivity contribution is 0.0970. The van der Waals surface area contributed by atoms with E-state index in [9.17, 15) is 9.90 Å². The third kappa shape index (κ3) is 2.67. The molecule has 0 saturated heterocycles. The summed E-state index contributed by atoms with van der Waals surface area (Å²) in [6.45, 7) is 0.474. The minimum absolute atomic E-state index is 0.102. The number of benzene rings is 2. The Morgan fingerprint density at radius 1 is 1.27 bits per heavy atom. The van der Waals surface area contributed by atoms with Gasteiger partial charge in [-0.3, -0.25) is 4.79 Å². The third-order valence-corrected chi connectivity index (χ3v) is 4.10. The van der Waals surface area contributed by atoms with Gasteiger partial charge in [0.05, 0.1) is 18.9 Å². The number of hydrogen-bond acceptors (Lipinski definition) is 3. The minimum Gasteiger partial charge on any atom is -0.497 e. The van der Waals surface area contributed by atoms with Gasteiger partial charge in [0.2, 0.25) is 0 Å². The molecule has 1 atom stereocenters. The molecule has 1 unspecified atom stereocenters. The van der Waals surface area contributed by atoms with Crippen LogP contribution in [0.3, 0.4) is 0 Å². The van der Waals surface area contributed by atoms with Crippen molar-refractivity contribution < 1.29 is 14.6 Å². The van der Waals surface area contributed by atoms with Crippen molar-refractivity contribution in [1.29, 1.82) is 0 Å². The maximum absolute atomic E-state index is 12.7. The number of nitrogens with zero attached hydrogens (tertiary/aromatic N) is 1. The number of methoxy groups -OCH3 is 1. The van der Waals surface area contributed by atoms with Crippen LogP contribution in [0.2, 0.25) is 5.02 Å². The molecule has 1 aliphatic rings. The molecule has 0 spiro atoms. The Hall–Kier alpha value is -2.04. The second-order valence-corrected chi connectivity index (χ2v) is 5.63. The second-order valence-electron chi connectivity index (χ2n) is 5.19. The average molecular weight is 318 g/mol. The largest absolute Gasteiger partial charge is 0.497 e. The number of carbonyl (C=O) groups excluding carboxylic acids is 1. The van der Waals surface area contributed by atoms with Gasteiger partial charge in [0, 0.05) is 22.7 Å². The number of hydrogen-bond donors (Lipinski definition) is 1. The van der Waals surface area contributed by atoms with E-state index < -0.39 is 6.10 Å². The van der Waals surface area contributed by atoms with Gasteiger partial charge in [0.25, 0.3) is 5.91 Å². The molecular formula is C17H16ClNO3. The molecule has 2 aromatic rings. The van der Waals surface area contributed by atoms with E-state index in [-0.39, 0.29) is 5.91 Å². The molecule has 2 aromatic carbocycles. The molecule has 0 saturated carbocycles. The first kappa shape index (κ1) is 14.9. The quantitative estimate of drug-likeness (QED) is 0.923. The fraction of sp³-hybridized carbons (Fsp3) is 0.235. The monoisotopic (exact) mass is 317 g/mol. The van der Waals surface area contributed by atoms with Gasteiger partial charge >= 0.3 is 0 Å². The number of ether oxygens (including phenoxy) is 1. The Morgan fingerprint density at radius 3 is 2.68 bits per heavy atom. The number of aliphatic hydroxyl groups is 1. The number of fused-ring (bicyclic) bond motifs is 1. The van der Waals surface area contributed by atoms with Crippen molar-refractivity contribution in [3.63, 3.8) is 0 Å². The molecule has 0 radical (unpaired) electrons. The summed E-state index contributed by atoms with van der Waals surface area (Å²) in [6.07, 6.45) is -0.0844. The molecular weight excluding hydrogens is 302 g/mol. The maximum atomic E-state index is 12.7. The fourth-order valence-electron chi connectivity index (χ4n) is 2.66. The molecule has 0 fully saturated rings. The van der Waals surface area contributed by atoms with Gasteiger partial charge < -0.3 is 14.7 Å². The Morgan fingerprint density at radius 2 is 2.00 bits per heavy atom. The highest BCUT2D eigenvalue weighted by molar-refractivity contribution is 6.30. The summed E-state index contributed by atoms with van der Waals surface area (Å²) in [5, 5.41) is 10.8. The van der Waals surface area contributed by atoms with Crippen molar-refractivity contribution in [3.8, 4) is 5.75 Å². The van der Waals surface area contributed by atoms with Crippen molar-refractivity contribution >= 4 is 23.2 Å². The molecule has 3 rings (SSSR count). The Kier molecular flexibility index (Phi) is 4.05. The van der Waals surface area contributed by atoms with Gasteiger partial charge in [-0.15, -0.1) is 0 Å². The lowest BCUT2D eigenvalue weighted by atomic mass is 9.97. The molecule has 5 heteroatoms. The summed E-state index contributed by atoms with van der Waals surface area (Å²) in [4.78, 5) is 14.4. The van der Waals surface area contributed by atoms with Crippen LogP contribution in [0.1, 0.15) is 28.4 Å². The van der Waals surface area contributed by atoms with E-state index in [1.54, 1.807) is 48.4 Å². The normalized spacial score (nSPS) is 17.0. The van der Waals surface area contributed by atoms with E-state index in [0.717, 1.165) is 5.69 Å². The second kappa shape index (κ2) is 5.99. The smallest absolute Gasteiger partial charge is 0.258 e. The summed E-state index contributed by atoms with van der Waals surface area (Å²) in [5.41, 5.74) is 2.01. The summed E-state index contributed by atoms with van der Waals surface area (Å²) in [6, 6.07) is 12.2. The van der Waals surface area contributed by atoms with Crippen LogP contribution in [-0.2, 0) is 0 Å². The summed E-state index contributed by atoms with van der Waals surface area (Å²) >= 11 is 5.86. The van der Waals surface area contributed by atoms with Crippen molar-refractivity contribution in [2.24, 2.45) is 0 Å². The van der Waals surface area contributed by atoms with Crippen LogP contribution in [0, 0.1) is 0 Å². The number of anilines is 1. The highest BCUT2D eigenvalue weighted by atomic mass is 35.5. The lowest BCUT2D eigenvalue weighted by Crippen LogP contribution is -2.36. The molecule has 0 aliphatic carbocycles. The number of aliphatic hydroxyl groups excluding tert-OH is 1. The molecule has 1 heterocycles. The van der Waals surface area contributed by atoms with E-state index >= 15 is 0 Å². The summed E-state index contributed by atoms with van der Waals surface area (Å²) in [5.74, 6) is 0.563. The molecule has 1 N–H and O–H groups in total. The van der Waals surface area contributed by atoms with Gasteiger partial charge in [-0.1, -0.05) is 11.6 Å². The molecule has 0 aromatic heterocycles. The first-order valence-corrected chi connectivity index (χ1v) is 7.41. The van der Waals surface area contributed by atoms with Crippen molar-refractivity contribution in [1.82, 2.24) is 0 Å². The summed E-state index contributed by atoms with van der Waals surface area (Å²) < 4.78 is 5.19. The molecule has 114 valence electrons. The third-order valence-electron chi connectivity index (χ3n) is 3.85. The van der Waals surface area contributed by atoms with Crippen molar-refractivity contribution in [2.45, 2.75) is 12.5 Å². The number of rotatable bonds is 2. The van der Waals surface area contributed by atoms with E-state index in [1.165, 1.54) is 0 Å². The van der Waals surface area contributed by atoms with Gasteiger partial charge in [-0.2, -0.15) is 0 Å². The Balaban J connectivity index is 1.98. The zero-order valence-corrected chi connectivity index (χ0v) is 12.9. The van der Waals surface area contributed by atoms with Gasteiger partial charge in [-0.25, -0.2) is 0 Å². The highest BCUT2D eigenvalue weighted by Crippen LogP contribution is 2.36. The van der Waals surface area contributed by atoms with Crippen molar-refractivity contribution in [3.05, 3.63) is 58.6 Å². The molecule has 0 bridgehead atoms. The standard InChI is InChI=1S/C17H16ClNO3/c1-22-13-6-7-15-14(10-13)16(20)8-9-19(15)17(21)11-2-4-12(18)5-3-11/h2-7,10,16,20H,8-9H2,1H3. The molecule has 1 amide bonds. The molecule has 4 nitrogen and oxygen atoms in total. The number of halogens is 1.